The Balaban J connectivity index is 1.61. The molecule has 1 aliphatic heterocycles. The highest BCUT2D eigenvalue weighted by Crippen LogP contribution is 2.17. The molecule has 1 aromatic carbocycles. The molecule has 0 spiro atoms. The summed E-state index contributed by atoms with van der Waals surface area (Å²) in [5, 5.41) is 2.94. The van der Waals surface area contributed by atoms with Crippen LogP contribution in [-0.4, -0.2) is 38.3 Å². The molecular formula is C18H28N2O3. The Labute approximate surface area is 138 Å². The molecule has 5 heteroatoms. The summed E-state index contributed by atoms with van der Waals surface area (Å²) in [6.07, 6.45) is 1.73. The van der Waals surface area contributed by atoms with Crippen molar-refractivity contribution in [3.63, 3.8) is 0 Å². The first-order valence-corrected chi connectivity index (χ1v) is 8.39. The van der Waals surface area contributed by atoms with Crippen molar-refractivity contribution in [2.24, 2.45) is 17.6 Å². The van der Waals surface area contributed by atoms with Gasteiger partial charge in [-0.25, -0.2) is 0 Å². The second kappa shape index (κ2) is 9.65. The number of nitrogens with one attached hydrogen (secondary N) is 1. The number of hydrogen-bond donors (Lipinski definition) is 2. The number of carbonyl (C=O) groups excluding carboxylic acids is 1. The summed E-state index contributed by atoms with van der Waals surface area (Å²) in [5.41, 5.74) is 7.21. The van der Waals surface area contributed by atoms with E-state index in [1.807, 2.05) is 30.3 Å². The number of hydrogen-bond acceptors (Lipinski definition) is 4. The Morgan fingerprint density at radius 2 is 2.04 bits per heavy atom. The largest absolute Gasteiger partial charge is 0.381 e. The molecule has 1 aliphatic rings. The number of rotatable bonds is 8. The lowest BCUT2D eigenvalue weighted by molar-refractivity contribution is -0.124. The predicted molar refractivity (Wildman–Crippen MR) is 89.8 cm³/mol. The minimum atomic E-state index is -0.434. The van der Waals surface area contributed by atoms with E-state index in [4.69, 9.17) is 15.2 Å². The summed E-state index contributed by atoms with van der Waals surface area (Å²) in [6, 6.07) is 9.64. The van der Waals surface area contributed by atoms with Crippen LogP contribution in [0, 0.1) is 11.8 Å². The van der Waals surface area contributed by atoms with Gasteiger partial charge in [-0.15, -0.1) is 0 Å². The minimum Gasteiger partial charge on any atom is -0.381 e. The Morgan fingerprint density at radius 1 is 1.35 bits per heavy atom. The minimum absolute atomic E-state index is 0.0631. The zero-order valence-electron chi connectivity index (χ0n) is 13.9. The first kappa shape index (κ1) is 17.9. The Morgan fingerprint density at radius 3 is 2.74 bits per heavy atom. The molecule has 1 aromatic rings. The predicted octanol–water partition coefficient (Wildman–Crippen LogP) is 1.71. The first-order chi connectivity index (χ1) is 11.2. The summed E-state index contributed by atoms with van der Waals surface area (Å²) in [7, 11) is 0. The maximum atomic E-state index is 12.1. The number of amides is 1. The molecule has 0 bridgehead atoms. The van der Waals surface area contributed by atoms with Crippen molar-refractivity contribution in [2.45, 2.75) is 32.4 Å². The Hall–Kier alpha value is -1.43. The molecule has 2 rings (SSSR count). The van der Waals surface area contributed by atoms with Crippen LogP contribution in [0.5, 0.6) is 0 Å². The van der Waals surface area contributed by atoms with Gasteiger partial charge in [-0.3, -0.25) is 4.79 Å². The topological polar surface area (TPSA) is 73.6 Å². The molecule has 2 unspecified atom stereocenters. The molecule has 0 saturated carbocycles. The fraction of sp³-hybridized carbons (Fsp3) is 0.611. The average Bonchev–Trinajstić information content (AvgIpc) is 2.60. The summed E-state index contributed by atoms with van der Waals surface area (Å²) in [5.74, 6) is 0.421. The van der Waals surface area contributed by atoms with E-state index < -0.39 is 6.04 Å². The van der Waals surface area contributed by atoms with E-state index in [1.54, 1.807) is 0 Å². The van der Waals surface area contributed by atoms with Gasteiger partial charge in [0.1, 0.15) is 0 Å². The van der Waals surface area contributed by atoms with Crippen molar-refractivity contribution >= 4 is 5.91 Å². The zero-order valence-corrected chi connectivity index (χ0v) is 13.9. The number of nitrogens with two attached hydrogens (primary N) is 1. The number of ether oxygens (including phenoxy) is 2. The van der Waals surface area contributed by atoms with Gasteiger partial charge in [0.05, 0.1) is 19.3 Å². The smallest absolute Gasteiger partial charge is 0.237 e. The normalized spacial score (nSPS) is 18.3. The van der Waals surface area contributed by atoms with E-state index >= 15 is 0 Å². The van der Waals surface area contributed by atoms with Gasteiger partial charge in [0.15, 0.2) is 0 Å². The highest BCUT2D eigenvalue weighted by molar-refractivity contribution is 5.81. The molecule has 0 aliphatic carbocycles. The van der Waals surface area contributed by atoms with E-state index in [0.29, 0.717) is 33.0 Å². The van der Waals surface area contributed by atoms with Gasteiger partial charge in [-0.2, -0.15) is 0 Å². The molecule has 0 aromatic heterocycles. The molecule has 0 radical (unpaired) electrons. The van der Waals surface area contributed by atoms with Crippen molar-refractivity contribution in [3.05, 3.63) is 35.9 Å². The van der Waals surface area contributed by atoms with Crippen LogP contribution in [0.1, 0.15) is 25.3 Å². The van der Waals surface area contributed by atoms with Crippen LogP contribution in [0.4, 0.5) is 0 Å². The van der Waals surface area contributed by atoms with Gasteiger partial charge in [0.25, 0.3) is 0 Å². The summed E-state index contributed by atoms with van der Waals surface area (Å²) < 4.78 is 11.0. The summed E-state index contributed by atoms with van der Waals surface area (Å²) >= 11 is 0. The molecule has 5 nitrogen and oxygen atoms in total. The van der Waals surface area contributed by atoms with Crippen LogP contribution < -0.4 is 11.1 Å². The quantitative estimate of drug-likeness (QED) is 0.765. The van der Waals surface area contributed by atoms with Gasteiger partial charge in [0.2, 0.25) is 5.91 Å². The molecule has 1 saturated heterocycles. The molecule has 23 heavy (non-hydrogen) atoms. The fourth-order valence-corrected chi connectivity index (χ4v) is 2.69. The third-order valence-corrected chi connectivity index (χ3v) is 4.22. The lowest BCUT2D eigenvalue weighted by Crippen LogP contribution is -2.48. The molecular weight excluding hydrogens is 292 g/mol. The van der Waals surface area contributed by atoms with E-state index in [0.717, 1.165) is 18.4 Å². The standard InChI is InChI=1S/C18H28N2O3/c1-14(12-23-13-15-5-3-2-4-6-15)11-20-18(21)17(19)16-7-9-22-10-8-16/h2-6,14,16-17H,7-13,19H2,1H3,(H,20,21). The molecule has 2 atom stereocenters. The van der Waals surface area contributed by atoms with Crippen LogP contribution in [0.3, 0.4) is 0 Å². The van der Waals surface area contributed by atoms with Gasteiger partial charge in [0, 0.05) is 19.8 Å². The van der Waals surface area contributed by atoms with Gasteiger partial charge >= 0.3 is 0 Å². The van der Waals surface area contributed by atoms with E-state index in [2.05, 4.69) is 12.2 Å². The van der Waals surface area contributed by atoms with Crippen molar-refractivity contribution < 1.29 is 14.3 Å². The van der Waals surface area contributed by atoms with Gasteiger partial charge in [-0.05, 0) is 30.2 Å². The lowest BCUT2D eigenvalue weighted by atomic mass is 9.92. The average molecular weight is 320 g/mol. The van der Waals surface area contributed by atoms with Crippen LogP contribution in [0.2, 0.25) is 0 Å². The van der Waals surface area contributed by atoms with E-state index in [1.165, 1.54) is 0 Å². The number of carbonyl (C=O) groups is 1. The van der Waals surface area contributed by atoms with Crippen LogP contribution in [0.15, 0.2) is 30.3 Å². The molecule has 1 fully saturated rings. The SMILES string of the molecule is CC(CNC(=O)C(N)C1CCOCC1)COCc1ccccc1. The summed E-state index contributed by atoms with van der Waals surface area (Å²) in [4.78, 5) is 12.1. The highest BCUT2D eigenvalue weighted by Gasteiger charge is 2.26. The Bertz CT molecular complexity index is 461. The molecule has 3 N–H and O–H groups in total. The van der Waals surface area contributed by atoms with Crippen molar-refractivity contribution in [1.82, 2.24) is 5.32 Å². The molecule has 1 amide bonds. The van der Waals surface area contributed by atoms with Crippen LogP contribution in [0.25, 0.3) is 0 Å². The Kier molecular flexibility index (Phi) is 7.52. The zero-order chi connectivity index (χ0) is 16.5. The number of benzene rings is 1. The monoisotopic (exact) mass is 320 g/mol. The maximum absolute atomic E-state index is 12.1. The van der Waals surface area contributed by atoms with Crippen molar-refractivity contribution in [2.75, 3.05) is 26.4 Å². The van der Waals surface area contributed by atoms with Crippen molar-refractivity contribution in [3.8, 4) is 0 Å². The van der Waals surface area contributed by atoms with E-state index in [9.17, 15) is 4.79 Å². The second-order valence-electron chi connectivity index (χ2n) is 6.33. The second-order valence-corrected chi connectivity index (χ2v) is 6.33. The van der Waals surface area contributed by atoms with Crippen LogP contribution in [-0.2, 0) is 20.9 Å². The first-order valence-electron chi connectivity index (χ1n) is 8.39. The van der Waals surface area contributed by atoms with Crippen LogP contribution >= 0.6 is 0 Å². The lowest BCUT2D eigenvalue weighted by Gasteiger charge is -2.27. The third-order valence-electron chi connectivity index (χ3n) is 4.22. The third kappa shape index (κ3) is 6.29. The molecule has 128 valence electrons. The van der Waals surface area contributed by atoms with Gasteiger partial charge in [-0.1, -0.05) is 37.3 Å². The molecule has 1 heterocycles. The summed E-state index contributed by atoms with van der Waals surface area (Å²) in [6.45, 7) is 5.27. The van der Waals surface area contributed by atoms with E-state index in [-0.39, 0.29) is 17.7 Å². The highest BCUT2D eigenvalue weighted by atomic mass is 16.5. The van der Waals surface area contributed by atoms with Crippen molar-refractivity contribution in [1.29, 1.82) is 0 Å². The fourth-order valence-electron chi connectivity index (χ4n) is 2.69. The maximum Gasteiger partial charge on any atom is 0.237 e. The van der Waals surface area contributed by atoms with Gasteiger partial charge < -0.3 is 20.5 Å².